The van der Waals surface area contributed by atoms with Crippen molar-refractivity contribution < 1.29 is 9.31 Å². The summed E-state index contributed by atoms with van der Waals surface area (Å²) in [6, 6.07) is 7.77. The Bertz CT molecular complexity index is 343. The maximum atomic E-state index is 5.60. The van der Waals surface area contributed by atoms with Crippen molar-refractivity contribution in [2.75, 3.05) is 4.43 Å². The molecule has 1 heterocycles. The van der Waals surface area contributed by atoms with E-state index in [4.69, 9.17) is 9.31 Å². The number of alkyl halides is 1. The molecule has 2 rings (SSSR count). The van der Waals surface area contributed by atoms with Crippen molar-refractivity contribution in [3.63, 3.8) is 0 Å². The number of benzene rings is 1. The van der Waals surface area contributed by atoms with Gasteiger partial charge in [0.05, 0.1) is 0 Å². The van der Waals surface area contributed by atoms with E-state index in [9.17, 15) is 0 Å². The van der Waals surface area contributed by atoms with Gasteiger partial charge in [-0.05, 0) is 41.8 Å². The lowest BCUT2D eigenvalue weighted by atomic mass is 9.90. The predicted octanol–water partition coefficient (Wildman–Crippen LogP) is 3.65. The topological polar surface area (TPSA) is 18.5 Å². The van der Waals surface area contributed by atoms with Crippen molar-refractivity contribution in [3.05, 3.63) is 36.3 Å². The highest BCUT2D eigenvalue weighted by molar-refractivity contribution is 14.1. The molecule has 0 radical (unpaired) electrons. The zero-order valence-electron chi connectivity index (χ0n) is 9.06. The minimum absolute atomic E-state index is 0.239. The zero-order chi connectivity index (χ0) is 11.2. The molecule has 0 aromatic heterocycles. The van der Waals surface area contributed by atoms with E-state index in [1.165, 1.54) is 17.3 Å². The zero-order valence-corrected chi connectivity index (χ0v) is 11.2. The van der Waals surface area contributed by atoms with Crippen LogP contribution in [0.1, 0.15) is 19.3 Å². The third-order valence-electron chi connectivity index (χ3n) is 2.38. The van der Waals surface area contributed by atoms with Gasteiger partial charge in [0.1, 0.15) is 11.5 Å². The summed E-state index contributed by atoms with van der Waals surface area (Å²) in [5.41, 5.74) is 0. The summed E-state index contributed by atoms with van der Waals surface area (Å²) < 4.78 is 12.4. The molecular weight excluding hydrogens is 314 g/mol. The molecule has 0 bridgehead atoms. The standard InChI is InChI=1S/C12H14BIO2/c14-10-6-2-1-5-9-13-15-11-7-3-4-8-12(11)16-13/h3-5,7-9H,1-2,6,10H2/b9-5+. The molecule has 2 nitrogen and oxygen atoms in total. The maximum absolute atomic E-state index is 5.60. The molecule has 0 saturated heterocycles. The van der Waals surface area contributed by atoms with Gasteiger partial charge in [0.25, 0.3) is 0 Å². The van der Waals surface area contributed by atoms with Gasteiger partial charge in [0.15, 0.2) is 0 Å². The second-order valence-corrected chi connectivity index (χ2v) is 4.74. The van der Waals surface area contributed by atoms with Gasteiger partial charge in [-0.1, -0.05) is 40.8 Å². The molecule has 1 aliphatic rings. The van der Waals surface area contributed by atoms with Crippen LogP contribution in [0.4, 0.5) is 0 Å². The van der Waals surface area contributed by atoms with Crippen LogP contribution in [0.2, 0.25) is 0 Å². The quantitative estimate of drug-likeness (QED) is 0.356. The Labute approximate surface area is 110 Å². The van der Waals surface area contributed by atoms with E-state index in [0.29, 0.717) is 0 Å². The van der Waals surface area contributed by atoms with Gasteiger partial charge in [0, 0.05) is 0 Å². The van der Waals surface area contributed by atoms with Crippen molar-refractivity contribution in [2.24, 2.45) is 0 Å². The fourth-order valence-corrected chi connectivity index (χ4v) is 2.10. The Kier molecular flexibility index (Phi) is 4.57. The van der Waals surface area contributed by atoms with Crippen molar-refractivity contribution in [2.45, 2.75) is 19.3 Å². The van der Waals surface area contributed by atoms with E-state index in [1.807, 2.05) is 30.2 Å². The number of hydrogen-bond donors (Lipinski definition) is 0. The maximum Gasteiger partial charge on any atom is 0.624 e. The Morgan fingerprint density at radius 3 is 2.44 bits per heavy atom. The number of hydrogen-bond acceptors (Lipinski definition) is 2. The number of para-hydroxylation sites is 2. The van der Waals surface area contributed by atoms with E-state index in [2.05, 4.69) is 28.7 Å². The molecule has 0 spiro atoms. The fourth-order valence-electron chi connectivity index (χ4n) is 1.56. The molecule has 0 unspecified atom stereocenters. The first-order chi connectivity index (χ1) is 7.90. The molecule has 84 valence electrons. The summed E-state index contributed by atoms with van der Waals surface area (Å²) in [4.78, 5) is 0. The van der Waals surface area contributed by atoms with E-state index >= 15 is 0 Å². The molecule has 1 aromatic carbocycles. The molecule has 0 saturated carbocycles. The summed E-state index contributed by atoms with van der Waals surface area (Å²) >= 11 is 2.40. The van der Waals surface area contributed by atoms with Crippen LogP contribution in [-0.4, -0.2) is 11.5 Å². The van der Waals surface area contributed by atoms with Gasteiger partial charge in [-0.25, -0.2) is 0 Å². The minimum atomic E-state index is -0.239. The van der Waals surface area contributed by atoms with Crippen molar-refractivity contribution in [1.82, 2.24) is 0 Å². The lowest BCUT2D eigenvalue weighted by Gasteiger charge is -1.97. The normalized spacial score (nSPS) is 13.7. The average molecular weight is 328 g/mol. The number of halogens is 1. The summed E-state index contributed by atoms with van der Waals surface area (Å²) in [6.45, 7) is 0. The molecule has 4 heteroatoms. The van der Waals surface area contributed by atoms with Gasteiger partial charge >= 0.3 is 7.12 Å². The number of unbranched alkanes of at least 4 members (excludes halogenated alkanes) is 2. The number of rotatable bonds is 5. The number of fused-ring (bicyclic) bond motifs is 1. The first-order valence-electron chi connectivity index (χ1n) is 5.55. The Hall–Kier alpha value is -0.645. The Morgan fingerprint density at radius 2 is 1.81 bits per heavy atom. The molecule has 16 heavy (non-hydrogen) atoms. The summed E-state index contributed by atoms with van der Waals surface area (Å²) in [6.07, 6.45) is 5.75. The van der Waals surface area contributed by atoms with Gasteiger partial charge in [-0.3, -0.25) is 0 Å². The van der Waals surface area contributed by atoms with Crippen LogP contribution in [0, 0.1) is 0 Å². The molecule has 0 aliphatic carbocycles. The molecule has 0 atom stereocenters. The lowest BCUT2D eigenvalue weighted by molar-refractivity contribution is 0.517. The van der Waals surface area contributed by atoms with Crippen molar-refractivity contribution in [3.8, 4) is 11.5 Å². The van der Waals surface area contributed by atoms with E-state index in [1.54, 1.807) is 0 Å². The Morgan fingerprint density at radius 1 is 1.12 bits per heavy atom. The largest absolute Gasteiger partial charge is 0.624 e. The minimum Gasteiger partial charge on any atom is -0.520 e. The number of allylic oxidation sites excluding steroid dienone is 1. The van der Waals surface area contributed by atoms with Crippen molar-refractivity contribution >= 4 is 29.7 Å². The van der Waals surface area contributed by atoms with Gasteiger partial charge in [0.2, 0.25) is 0 Å². The first kappa shape index (κ1) is 11.8. The summed E-state index contributed by atoms with van der Waals surface area (Å²) in [5, 5.41) is 0. The SMILES string of the molecule is ICCCC/C=C/B1Oc2ccccc2O1. The molecule has 0 N–H and O–H groups in total. The molecule has 1 aliphatic heterocycles. The van der Waals surface area contributed by atoms with Crippen LogP contribution in [0.15, 0.2) is 36.3 Å². The van der Waals surface area contributed by atoms with Gasteiger partial charge in [-0.2, -0.15) is 0 Å². The average Bonchev–Trinajstić information content (AvgIpc) is 2.71. The third-order valence-corrected chi connectivity index (χ3v) is 3.15. The molecular formula is C12H14BIO2. The molecule has 0 fully saturated rings. The first-order valence-corrected chi connectivity index (χ1v) is 7.07. The summed E-state index contributed by atoms with van der Waals surface area (Å²) in [5.74, 6) is 3.67. The summed E-state index contributed by atoms with van der Waals surface area (Å²) in [7, 11) is -0.239. The van der Waals surface area contributed by atoms with E-state index in [0.717, 1.165) is 17.9 Å². The van der Waals surface area contributed by atoms with Gasteiger partial charge in [-0.15, -0.1) is 0 Å². The highest BCUT2D eigenvalue weighted by Gasteiger charge is 2.28. The Balaban J connectivity index is 1.78. The van der Waals surface area contributed by atoms with Crippen LogP contribution in [0.3, 0.4) is 0 Å². The second kappa shape index (κ2) is 6.18. The van der Waals surface area contributed by atoms with Crippen LogP contribution in [-0.2, 0) is 0 Å². The highest BCUT2D eigenvalue weighted by atomic mass is 127. The highest BCUT2D eigenvalue weighted by Crippen LogP contribution is 2.32. The van der Waals surface area contributed by atoms with Crippen molar-refractivity contribution in [1.29, 1.82) is 0 Å². The van der Waals surface area contributed by atoms with Crippen LogP contribution >= 0.6 is 22.6 Å². The van der Waals surface area contributed by atoms with E-state index in [-0.39, 0.29) is 7.12 Å². The lowest BCUT2D eigenvalue weighted by Crippen LogP contribution is -2.21. The van der Waals surface area contributed by atoms with Crippen LogP contribution in [0.5, 0.6) is 11.5 Å². The third kappa shape index (κ3) is 3.17. The van der Waals surface area contributed by atoms with Gasteiger partial charge < -0.3 is 9.31 Å². The second-order valence-electron chi connectivity index (χ2n) is 3.66. The molecule has 0 amide bonds. The molecule has 1 aromatic rings. The fraction of sp³-hybridized carbons (Fsp3) is 0.333. The van der Waals surface area contributed by atoms with Crippen LogP contribution < -0.4 is 9.31 Å². The van der Waals surface area contributed by atoms with E-state index < -0.39 is 0 Å². The predicted molar refractivity (Wildman–Crippen MR) is 75.3 cm³/mol. The van der Waals surface area contributed by atoms with Crippen LogP contribution in [0.25, 0.3) is 0 Å². The monoisotopic (exact) mass is 328 g/mol. The smallest absolute Gasteiger partial charge is 0.520 e.